The predicted octanol–water partition coefficient (Wildman–Crippen LogP) is 1.45. The summed E-state index contributed by atoms with van der Waals surface area (Å²) in [6.07, 6.45) is 9.64. The molecule has 3 N–H and O–H groups in total. The second-order valence-corrected chi connectivity index (χ2v) is 7.76. The molecule has 0 heterocycles. The first kappa shape index (κ1) is 23.9. The zero-order valence-corrected chi connectivity index (χ0v) is 18.0. The largest absolute Gasteiger partial charge is 0.378 e. The first-order chi connectivity index (χ1) is 11.0. The zero-order valence-electron chi connectivity index (χ0n) is 14.8. The molecule has 1 aliphatic carbocycles. The summed E-state index contributed by atoms with van der Waals surface area (Å²) in [5.74, 6) is 0.738. The maximum atomic E-state index is 10.9. The van der Waals surface area contributed by atoms with E-state index in [1.807, 2.05) is 0 Å². The Hall–Kier alpha value is -0.130. The minimum atomic E-state index is -3.10. The standard InChI is InChI=1S/C15H32N4O3S.HI/c1-16-15(17-10-6-12-19-23(2,20)21)18-11-7-13-22-14-8-4-3-5-9-14;/h14,19H,3-13H2,1-2H3,(H2,16,17,18);1H. The fourth-order valence-corrected chi connectivity index (χ4v) is 3.05. The van der Waals surface area contributed by atoms with Crippen molar-refractivity contribution in [3.05, 3.63) is 0 Å². The molecule has 1 fully saturated rings. The van der Waals surface area contributed by atoms with Crippen molar-refractivity contribution >= 4 is 40.0 Å². The molecule has 0 aromatic rings. The van der Waals surface area contributed by atoms with Crippen LogP contribution in [-0.2, 0) is 14.8 Å². The van der Waals surface area contributed by atoms with Crippen molar-refractivity contribution in [3.8, 4) is 0 Å². The lowest BCUT2D eigenvalue weighted by molar-refractivity contribution is 0.0277. The Morgan fingerprint density at radius 3 is 2.29 bits per heavy atom. The van der Waals surface area contributed by atoms with Gasteiger partial charge in [0.1, 0.15) is 0 Å². The molecule has 0 bridgehead atoms. The number of hydrogen-bond acceptors (Lipinski definition) is 4. The molecule has 0 spiro atoms. The van der Waals surface area contributed by atoms with Crippen LogP contribution in [0.3, 0.4) is 0 Å². The molecule has 0 unspecified atom stereocenters. The van der Waals surface area contributed by atoms with Crippen LogP contribution in [0.1, 0.15) is 44.9 Å². The molecule has 0 aromatic heterocycles. The maximum Gasteiger partial charge on any atom is 0.208 e. The van der Waals surface area contributed by atoms with Gasteiger partial charge in [0.25, 0.3) is 0 Å². The lowest BCUT2D eigenvalue weighted by Crippen LogP contribution is -2.39. The van der Waals surface area contributed by atoms with E-state index in [4.69, 9.17) is 4.74 Å². The van der Waals surface area contributed by atoms with E-state index in [9.17, 15) is 8.42 Å². The number of halogens is 1. The molecule has 0 atom stereocenters. The number of aliphatic imine (C=N–C) groups is 1. The highest BCUT2D eigenvalue weighted by molar-refractivity contribution is 14.0. The van der Waals surface area contributed by atoms with Crippen molar-refractivity contribution in [2.45, 2.75) is 51.0 Å². The van der Waals surface area contributed by atoms with E-state index >= 15 is 0 Å². The van der Waals surface area contributed by atoms with Crippen molar-refractivity contribution in [1.29, 1.82) is 0 Å². The minimum Gasteiger partial charge on any atom is -0.378 e. The van der Waals surface area contributed by atoms with E-state index in [1.54, 1.807) is 7.05 Å². The Balaban J connectivity index is 0.00000529. The number of hydrogen-bond donors (Lipinski definition) is 3. The molecule has 0 radical (unpaired) electrons. The molecule has 9 heteroatoms. The molecular formula is C15H33IN4O3S. The van der Waals surface area contributed by atoms with Gasteiger partial charge < -0.3 is 15.4 Å². The van der Waals surface area contributed by atoms with E-state index in [-0.39, 0.29) is 24.0 Å². The normalized spacial score (nSPS) is 16.5. The Kier molecular flexibility index (Phi) is 14.0. The molecule has 0 saturated heterocycles. The van der Waals surface area contributed by atoms with Gasteiger partial charge in [0, 0.05) is 33.3 Å². The van der Waals surface area contributed by atoms with Crippen LogP contribution in [0.2, 0.25) is 0 Å². The number of guanidine groups is 1. The summed E-state index contributed by atoms with van der Waals surface area (Å²) in [5.41, 5.74) is 0. The Labute approximate surface area is 163 Å². The van der Waals surface area contributed by atoms with Gasteiger partial charge in [-0.1, -0.05) is 19.3 Å². The van der Waals surface area contributed by atoms with Crippen LogP contribution in [0, 0.1) is 0 Å². The highest BCUT2D eigenvalue weighted by Gasteiger charge is 2.12. The third kappa shape index (κ3) is 13.2. The highest BCUT2D eigenvalue weighted by Crippen LogP contribution is 2.20. The molecule has 24 heavy (non-hydrogen) atoms. The Morgan fingerprint density at radius 2 is 1.71 bits per heavy atom. The van der Waals surface area contributed by atoms with Crippen molar-refractivity contribution < 1.29 is 13.2 Å². The van der Waals surface area contributed by atoms with Crippen LogP contribution in [0.4, 0.5) is 0 Å². The lowest BCUT2D eigenvalue weighted by atomic mass is 9.98. The van der Waals surface area contributed by atoms with Crippen LogP contribution in [0.5, 0.6) is 0 Å². The van der Waals surface area contributed by atoms with Gasteiger partial charge in [-0.25, -0.2) is 13.1 Å². The van der Waals surface area contributed by atoms with Gasteiger partial charge in [-0.2, -0.15) is 0 Å². The van der Waals surface area contributed by atoms with E-state index < -0.39 is 10.0 Å². The summed E-state index contributed by atoms with van der Waals surface area (Å²) in [6.45, 7) is 2.69. The highest BCUT2D eigenvalue weighted by atomic mass is 127. The van der Waals surface area contributed by atoms with Crippen LogP contribution < -0.4 is 15.4 Å². The SMILES string of the molecule is CN=C(NCCCNS(C)(=O)=O)NCCCOC1CCCCC1.I. The van der Waals surface area contributed by atoms with Crippen LogP contribution in [-0.4, -0.2) is 60.0 Å². The summed E-state index contributed by atoms with van der Waals surface area (Å²) in [4.78, 5) is 4.14. The molecule has 0 aliphatic heterocycles. The number of nitrogens with zero attached hydrogens (tertiary/aromatic N) is 1. The second-order valence-electron chi connectivity index (χ2n) is 5.93. The number of nitrogens with one attached hydrogen (secondary N) is 3. The van der Waals surface area contributed by atoms with Gasteiger partial charge in [-0.15, -0.1) is 24.0 Å². The molecule has 1 rings (SSSR count). The van der Waals surface area contributed by atoms with Crippen molar-refractivity contribution in [3.63, 3.8) is 0 Å². The van der Waals surface area contributed by atoms with Crippen LogP contribution >= 0.6 is 24.0 Å². The average molecular weight is 476 g/mol. The first-order valence-electron chi connectivity index (χ1n) is 8.52. The number of ether oxygens (including phenoxy) is 1. The predicted molar refractivity (Wildman–Crippen MR) is 110 cm³/mol. The van der Waals surface area contributed by atoms with E-state index in [1.165, 1.54) is 32.1 Å². The van der Waals surface area contributed by atoms with Gasteiger partial charge in [-0.3, -0.25) is 4.99 Å². The second kappa shape index (κ2) is 14.1. The minimum absolute atomic E-state index is 0. The molecular weight excluding hydrogens is 443 g/mol. The van der Waals surface area contributed by atoms with Gasteiger partial charge in [0.15, 0.2) is 5.96 Å². The fraction of sp³-hybridized carbons (Fsp3) is 0.933. The quantitative estimate of drug-likeness (QED) is 0.192. The van der Waals surface area contributed by atoms with Gasteiger partial charge in [0.05, 0.1) is 12.4 Å². The summed E-state index contributed by atoms with van der Waals surface area (Å²) >= 11 is 0. The molecule has 1 aliphatic rings. The third-order valence-electron chi connectivity index (χ3n) is 3.75. The first-order valence-corrected chi connectivity index (χ1v) is 10.4. The van der Waals surface area contributed by atoms with E-state index in [0.29, 0.717) is 25.6 Å². The summed E-state index contributed by atoms with van der Waals surface area (Å²) < 4.78 is 30.2. The van der Waals surface area contributed by atoms with Crippen molar-refractivity contribution in [2.24, 2.45) is 4.99 Å². The third-order valence-corrected chi connectivity index (χ3v) is 4.48. The van der Waals surface area contributed by atoms with Crippen molar-refractivity contribution in [2.75, 3.05) is 39.5 Å². The Bertz CT molecular complexity index is 440. The van der Waals surface area contributed by atoms with Crippen molar-refractivity contribution in [1.82, 2.24) is 15.4 Å². The molecule has 0 amide bonds. The zero-order chi connectivity index (χ0) is 17.0. The van der Waals surface area contributed by atoms with Crippen LogP contribution in [0.25, 0.3) is 0 Å². The lowest BCUT2D eigenvalue weighted by Gasteiger charge is -2.22. The summed E-state index contributed by atoms with van der Waals surface area (Å²) in [6, 6.07) is 0. The monoisotopic (exact) mass is 476 g/mol. The van der Waals surface area contributed by atoms with Gasteiger partial charge in [-0.05, 0) is 25.7 Å². The summed E-state index contributed by atoms with van der Waals surface area (Å²) in [7, 11) is -1.37. The number of sulfonamides is 1. The Morgan fingerprint density at radius 1 is 1.08 bits per heavy atom. The maximum absolute atomic E-state index is 10.9. The average Bonchev–Trinajstić information content (AvgIpc) is 2.52. The molecule has 144 valence electrons. The molecule has 7 nitrogen and oxygen atoms in total. The van der Waals surface area contributed by atoms with Gasteiger partial charge in [0.2, 0.25) is 10.0 Å². The fourth-order valence-electron chi connectivity index (χ4n) is 2.53. The smallest absolute Gasteiger partial charge is 0.208 e. The number of rotatable bonds is 10. The molecule has 1 saturated carbocycles. The topological polar surface area (TPSA) is 91.8 Å². The summed E-state index contributed by atoms with van der Waals surface area (Å²) in [5, 5.41) is 6.39. The van der Waals surface area contributed by atoms with Crippen LogP contribution in [0.15, 0.2) is 4.99 Å². The van der Waals surface area contributed by atoms with E-state index in [0.717, 1.165) is 31.8 Å². The molecule has 0 aromatic carbocycles. The van der Waals surface area contributed by atoms with Gasteiger partial charge >= 0.3 is 0 Å². The van der Waals surface area contributed by atoms with E-state index in [2.05, 4.69) is 20.3 Å².